The molecule has 1 heterocycles. The molecule has 0 aliphatic carbocycles. The van der Waals surface area contributed by atoms with Crippen molar-refractivity contribution >= 4 is 15.7 Å². The Kier molecular flexibility index (Phi) is 3.92. The molecule has 5 heteroatoms. The van der Waals surface area contributed by atoms with Crippen molar-refractivity contribution in [3.05, 3.63) is 23.8 Å². The second kappa shape index (κ2) is 5.28. The molecule has 0 radical (unpaired) electrons. The predicted molar refractivity (Wildman–Crippen MR) is 73.3 cm³/mol. The summed E-state index contributed by atoms with van der Waals surface area (Å²) in [6.07, 6.45) is 1.82. The molecule has 2 N–H and O–H groups in total. The second-order valence-electron chi connectivity index (χ2n) is 5.08. The van der Waals surface area contributed by atoms with Crippen molar-refractivity contribution in [3.63, 3.8) is 0 Å². The third-order valence-electron chi connectivity index (χ3n) is 3.12. The maximum absolute atomic E-state index is 12.1. The second-order valence-corrected chi connectivity index (χ2v) is 6.84. The molecular weight excluding hydrogens is 248 g/mol. The van der Waals surface area contributed by atoms with E-state index in [1.165, 1.54) is 5.56 Å². The maximum atomic E-state index is 12.1. The van der Waals surface area contributed by atoms with Crippen LogP contribution in [0.4, 0.5) is 5.69 Å². The first kappa shape index (κ1) is 13.4. The van der Waals surface area contributed by atoms with E-state index < -0.39 is 10.0 Å². The Balaban J connectivity index is 2.10. The number of nitrogens with one attached hydrogen (secondary N) is 2. The average Bonchev–Trinajstić information content (AvgIpc) is 2.74. The van der Waals surface area contributed by atoms with Gasteiger partial charge in [0.1, 0.15) is 0 Å². The molecule has 0 bridgehead atoms. The molecule has 4 nitrogen and oxygen atoms in total. The summed E-state index contributed by atoms with van der Waals surface area (Å²) >= 11 is 0. The Labute approximate surface area is 109 Å². The van der Waals surface area contributed by atoms with Gasteiger partial charge in [-0.3, -0.25) is 0 Å². The largest absolute Gasteiger partial charge is 0.384 e. The molecule has 0 unspecified atom stereocenters. The summed E-state index contributed by atoms with van der Waals surface area (Å²) in [5.41, 5.74) is 2.14. The molecule has 0 amide bonds. The molecular formula is C13H20N2O2S. The topological polar surface area (TPSA) is 58.2 Å². The summed E-state index contributed by atoms with van der Waals surface area (Å²) in [6.45, 7) is 5.53. The van der Waals surface area contributed by atoms with E-state index in [9.17, 15) is 8.42 Å². The highest BCUT2D eigenvalue weighted by atomic mass is 32.2. The Morgan fingerprint density at radius 1 is 1.39 bits per heavy atom. The van der Waals surface area contributed by atoms with Crippen molar-refractivity contribution in [2.75, 3.05) is 18.4 Å². The predicted octanol–water partition coefficient (Wildman–Crippen LogP) is 1.98. The minimum absolute atomic E-state index is 0.347. The molecule has 0 saturated heterocycles. The summed E-state index contributed by atoms with van der Waals surface area (Å²) in [7, 11) is -3.37. The van der Waals surface area contributed by atoms with Gasteiger partial charge in [-0.05, 0) is 36.5 Å². The van der Waals surface area contributed by atoms with Crippen LogP contribution in [0.25, 0.3) is 0 Å². The van der Waals surface area contributed by atoms with Crippen molar-refractivity contribution in [2.45, 2.75) is 31.6 Å². The highest BCUT2D eigenvalue weighted by molar-refractivity contribution is 7.89. The van der Waals surface area contributed by atoms with Crippen molar-refractivity contribution in [2.24, 2.45) is 5.92 Å². The first-order valence-corrected chi connectivity index (χ1v) is 7.84. The van der Waals surface area contributed by atoms with Crippen molar-refractivity contribution in [3.8, 4) is 0 Å². The van der Waals surface area contributed by atoms with Crippen LogP contribution in [0.15, 0.2) is 23.1 Å². The molecule has 0 aromatic heterocycles. The molecule has 1 aliphatic heterocycles. The van der Waals surface area contributed by atoms with Gasteiger partial charge in [0.15, 0.2) is 0 Å². The van der Waals surface area contributed by atoms with E-state index in [1.54, 1.807) is 12.1 Å². The molecule has 0 spiro atoms. The summed E-state index contributed by atoms with van der Waals surface area (Å²) in [4.78, 5) is 0.347. The first-order chi connectivity index (χ1) is 8.49. The standard InChI is InChI=1S/C13H20N2O2S/c1-10(2)5-8-15-18(16,17)12-4-3-11-6-7-14-13(11)9-12/h3-4,9-10,14-15H,5-8H2,1-2H3. The molecule has 1 aliphatic rings. The zero-order valence-electron chi connectivity index (χ0n) is 10.9. The van der Waals surface area contributed by atoms with E-state index in [-0.39, 0.29) is 0 Å². The summed E-state index contributed by atoms with van der Waals surface area (Å²) < 4.78 is 26.8. The Morgan fingerprint density at radius 3 is 2.89 bits per heavy atom. The van der Waals surface area contributed by atoms with Crippen LogP contribution in [0, 0.1) is 5.92 Å². The Hall–Kier alpha value is -1.07. The maximum Gasteiger partial charge on any atom is 0.240 e. The van der Waals surface area contributed by atoms with E-state index in [0.717, 1.165) is 25.1 Å². The fourth-order valence-electron chi connectivity index (χ4n) is 2.00. The van der Waals surface area contributed by atoms with Gasteiger partial charge in [0.25, 0.3) is 0 Å². The van der Waals surface area contributed by atoms with Crippen LogP contribution >= 0.6 is 0 Å². The molecule has 2 rings (SSSR count). The molecule has 1 aromatic carbocycles. The zero-order chi connectivity index (χ0) is 13.2. The van der Waals surface area contributed by atoms with E-state index in [2.05, 4.69) is 23.9 Å². The van der Waals surface area contributed by atoms with Crippen molar-refractivity contribution in [1.29, 1.82) is 0 Å². The van der Waals surface area contributed by atoms with Crippen LogP contribution in [0.3, 0.4) is 0 Å². The highest BCUT2D eigenvalue weighted by Gasteiger charge is 2.17. The van der Waals surface area contributed by atoms with Gasteiger partial charge in [-0.1, -0.05) is 19.9 Å². The van der Waals surface area contributed by atoms with Gasteiger partial charge < -0.3 is 5.32 Å². The molecule has 0 atom stereocenters. The first-order valence-electron chi connectivity index (χ1n) is 6.35. The number of anilines is 1. The van der Waals surface area contributed by atoms with Crippen LogP contribution in [-0.4, -0.2) is 21.5 Å². The van der Waals surface area contributed by atoms with Crippen molar-refractivity contribution in [1.82, 2.24) is 4.72 Å². The highest BCUT2D eigenvalue weighted by Crippen LogP contribution is 2.25. The minimum Gasteiger partial charge on any atom is -0.384 e. The van der Waals surface area contributed by atoms with E-state index in [1.807, 2.05) is 6.07 Å². The number of hydrogen-bond acceptors (Lipinski definition) is 3. The summed E-state index contributed by atoms with van der Waals surface area (Å²) in [5, 5.41) is 3.19. The van der Waals surface area contributed by atoms with Gasteiger partial charge in [-0.2, -0.15) is 0 Å². The monoisotopic (exact) mass is 268 g/mol. The number of hydrogen-bond donors (Lipinski definition) is 2. The molecule has 0 saturated carbocycles. The van der Waals surface area contributed by atoms with Gasteiger partial charge in [0, 0.05) is 18.8 Å². The lowest BCUT2D eigenvalue weighted by atomic mass is 10.1. The summed E-state index contributed by atoms with van der Waals surface area (Å²) in [5.74, 6) is 0.495. The summed E-state index contributed by atoms with van der Waals surface area (Å²) in [6, 6.07) is 5.30. The number of rotatable bonds is 5. The zero-order valence-corrected chi connectivity index (χ0v) is 11.7. The Morgan fingerprint density at radius 2 is 2.17 bits per heavy atom. The lowest BCUT2D eigenvalue weighted by molar-refractivity contribution is 0.551. The number of fused-ring (bicyclic) bond motifs is 1. The van der Waals surface area contributed by atoms with Gasteiger partial charge in [0.05, 0.1) is 4.90 Å². The fraction of sp³-hybridized carbons (Fsp3) is 0.538. The van der Waals surface area contributed by atoms with Crippen LogP contribution < -0.4 is 10.0 Å². The third kappa shape index (κ3) is 3.03. The van der Waals surface area contributed by atoms with Gasteiger partial charge in [0.2, 0.25) is 10.0 Å². The van der Waals surface area contributed by atoms with Crippen LogP contribution in [0.5, 0.6) is 0 Å². The van der Waals surface area contributed by atoms with E-state index in [4.69, 9.17) is 0 Å². The van der Waals surface area contributed by atoms with E-state index in [0.29, 0.717) is 17.4 Å². The lowest BCUT2D eigenvalue weighted by Crippen LogP contribution is -2.25. The van der Waals surface area contributed by atoms with Crippen LogP contribution in [0.2, 0.25) is 0 Å². The quantitative estimate of drug-likeness (QED) is 0.858. The fourth-order valence-corrected chi connectivity index (χ4v) is 3.08. The normalized spacial score (nSPS) is 14.6. The minimum atomic E-state index is -3.37. The molecule has 0 fully saturated rings. The van der Waals surface area contributed by atoms with Crippen LogP contribution in [0.1, 0.15) is 25.8 Å². The number of benzene rings is 1. The molecule has 1 aromatic rings. The smallest absolute Gasteiger partial charge is 0.240 e. The van der Waals surface area contributed by atoms with E-state index >= 15 is 0 Å². The molecule has 18 heavy (non-hydrogen) atoms. The van der Waals surface area contributed by atoms with Crippen molar-refractivity contribution < 1.29 is 8.42 Å². The lowest BCUT2D eigenvalue weighted by Gasteiger charge is -2.09. The van der Waals surface area contributed by atoms with Gasteiger partial charge in [-0.25, -0.2) is 13.1 Å². The molecule has 100 valence electrons. The van der Waals surface area contributed by atoms with Gasteiger partial charge >= 0.3 is 0 Å². The SMILES string of the molecule is CC(C)CCNS(=O)(=O)c1ccc2c(c1)NCC2. The Bertz CT molecular complexity index is 524. The van der Waals surface area contributed by atoms with Crippen LogP contribution in [-0.2, 0) is 16.4 Å². The third-order valence-corrected chi connectivity index (χ3v) is 4.57. The van der Waals surface area contributed by atoms with Gasteiger partial charge in [-0.15, -0.1) is 0 Å². The average molecular weight is 268 g/mol. The number of sulfonamides is 1.